The number of hydrogen-bond donors (Lipinski definition) is 1. The number of hydrogen-bond acceptors (Lipinski definition) is 2. The lowest BCUT2D eigenvalue weighted by Crippen LogP contribution is -2.21. The second kappa shape index (κ2) is 3.32. The van der Waals surface area contributed by atoms with Gasteiger partial charge >= 0.3 is 0 Å². The van der Waals surface area contributed by atoms with Gasteiger partial charge < -0.3 is 10.2 Å². The first-order chi connectivity index (χ1) is 7.65. The van der Waals surface area contributed by atoms with Gasteiger partial charge in [-0.3, -0.25) is 0 Å². The Hall–Kier alpha value is -1.35. The van der Waals surface area contributed by atoms with E-state index in [1.54, 1.807) is 6.07 Å². The fourth-order valence-electron chi connectivity index (χ4n) is 1.98. The molecule has 0 amide bonds. The fraction of sp³-hybridized carbons (Fsp3) is 0.385. The van der Waals surface area contributed by atoms with Crippen LogP contribution in [-0.2, 0) is 6.42 Å². The zero-order valence-corrected chi connectivity index (χ0v) is 9.00. The summed E-state index contributed by atoms with van der Waals surface area (Å²) in [6.07, 6.45) is 4.02. The third kappa shape index (κ3) is 1.83. The average Bonchev–Trinajstić information content (AvgIpc) is 2.85. The highest BCUT2D eigenvalue weighted by atomic mass is 19.1. The Bertz CT molecular complexity index is 528. The Morgan fingerprint density at radius 1 is 1.31 bits per heavy atom. The van der Waals surface area contributed by atoms with Crippen LogP contribution in [0.25, 0.3) is 11.0 Å². The standard InChI is InChI=1S/C13H14FNO/c14-10-1-2-12-9(7-10)8-11(16-12)3-4-13(15)5-6-13/h1-2,7-8H,3-6,15H2. The summed E-state index contributed by atoms with van der Waals surface area (Å²) < 4.78 is 18.6. The van der Waals surface area contributed by atoms with Crippen LogP contribution in [-0.4, -0.2) is 5.54 Å². The van der Waals surface area contributed by atoms with Crippen molar-refractivity contribution < 1.29 is 8.81 Å². The third-order valence-electron chi connectivity index (χ3n) is 3.29. The third-order valence-corrected chi connectivity index (χ3v) is 3.29. The number of benzene rings is 1. The van der Waals surface area contributed by atoms with E-state index >= 15 is 0 Å². The van der Waals surface area contributed by atoms with Gasteiger partial charge in [-0.2, -0.15) is 0 Å². The van der Waals surface area contributed by atoms with Crippen molar-refractivity contribution in [2.24, 2.45) is 5.73 Å². The van der Waals surface area contributed by atoms with E-state index in [0.717, 1.165) is 42.4 Å². The molecule has 0 aliphatic heterocycles. The number of halogens is 1. The minimum absolute atomic E-state index is 0.0459. The molecule has 1 aromatic heterocycles. The molecule has 0 atom stereocenters. The largest absolute Gasteiger partial charge is 0.461 e. The van der Waals surface area contributed by atoms with Crippen molar-refractivity contribution in [3.63, 3.8) is 0 Å². The van der Waals surface area contributed by atoms with E-state index in [1.807, 2.05) is 6.07 Å². The van der Waals surface area contributed by atoms with Crippen molar-refractivity contribution in [3.05, 3.63) is 35.8 Å². The van der Waals surface area contributed by atoms with Crippen molar-refractivity contribution in [2.45, 2.75) is 31.2 Å². The molecule has 0 bridgehead atoms. The predicted octanol–water partition coefficient (Wildman–Crippen LogP) is 3.00. The molecular formula is C13H14FNO. The van der Waals surface area contributed by atoms with Crippen molar-refractivity contribution in [1.82, 2.24) is 0 Å². The molecule has 1 fully saturated rings. The van der Waals surface area contributed by atoms with Crippen LogP contribution in [0.1, 0.15) is 25.0 Å². The summed E-state index contributed by atoms with van der Waals surface area (Å²) in [5.74, 6) is 0.676. The van der Waals surface area contributed by atoms with Crippen molar-refractivity contribution >= 4 is 11.0 Å². The lowest BCUT2D eigenvalue weighted by molar-refractivity contribution is 0.507. The SMILES string of the molecule is NC1(CCc2cc3cc(F)ccc3o2)CC1. The quantitative estimate of drug-likeness (QED) is 0.861. The van der Waals surface area contributed by atoms with Crippen LogP contribution in [0.2, 0.25) is 0 Å². The van der Waals surface area contributed by atoms with Crippen LogP contribution < -0.4 is 5.73 Å². The molecule has 84 valence electrons. The van der Waals surface area contributed by atoms with E-state index in [1.165, 1.54) is 12.1 Å². The number of fused-ring (bicyclic) bond motifs is 1. The summed E-state index contributed by atoms with van der Waals surface area (Å²) in [4.78, 5) is 0. The molecule has 2 N–H and O–H groups in total. The van der Waals surface area contributed by atoms with Gasteiger partial charge in [-0.25, -0.2) is 4.39 Å². The van der Waals surface area contributed by atoms with Crippen molar-refractivity contribution in [1.29, 1.82) is 0 Å². The molecule has 0 spiro atoms. The molecule has 0 radical (unpaired) electrons. The van der Waals surface area contributed by atoms with Gasteiger partial charge in [-0.15, -0.1) is 0 Å². The van der Waals surface area contributed by atoms with E-state index < -0.39 is 0 Å². The van der Waals surface area contributed by atoms with Crippen LogP contribution in [0.3, 0.4) is 0 Å². The van der Waals surface area contributed by atoms with Gasteiger partial charge in [-0.05, 0) is 43.5 Å². The van der Waals surface area contributed by atoms with Crippen molar-refractivity contribution in [2.75, 3.05) is 0 Å². The lowest BCUT2D eigenvalue weighted by Gasteiger charge is -2.04. The molecule has 1 aliphatic carbocycles. The normalized spacial score (nSPS) is 17.9. The van der Waals surface area contributed by atoms with Gasteiger partial charge in [0, 0.05) is 17.3 Å². The zero-order valence-electron chi connectivity index (χ0n) is 9.00. The maximum atomic E-state index is 13.0. The Morgan fingerprint density at radius 2 is 2.12 bits per heavy atom. The summed E-state index contributed by atoms with van der Waals surface area (Å²) in [5, 5.41) is 0.830. The Kier molecular flexibility index (Phi) is 2.04. The van der Waals surface area contributed by atoms with Gasteiger partial charge in [0.2, 0.25) is 0 Å². The van der Waals surface area contributed by atoms with Gasteiger partial charge in [0.05, 0.1) is 0 Å². The van der Waals surface area contributed by atoms with E-state index in [4.69, 9.17) is 10.2 Å². The predicted molar refractivity (Wildman–Crippen MR) is 60.6 cm³/mol. The first-order valence-corrected chi connectivity index (χ1v) is 5.62. The van der Waals surface area contributed by atoms with E-state index in [-0.39, 0.29) is 11.4 Å². The fourth-order valence-corrected chi connectivity index (χ4v) is 1.98. The second-order valence-electron chi connectivity index (χ2n) is 4.76. The number of furan rings is 1. The Balaban J connectivity index is 1.82. The number of aryl methyl sites for hydroxylation is 1. The Morgan fingerprint density at radius 3 is 2.88 bits per heavy atom. The molecule has 0 saturated heterocycles. The highest BCUT2D eigenvalue weighted by molar-refractivity contribution is 5.77. The smallest absolute Gasteiger partial charge is 0.134 e. The molecule has 2 nitrogen and oxygen atoms in total. The molecule has 2 aromatic rings. The van der Waals surface area contributed by atoms with Gasteiger partial charge in [0.15, 0.2) is 0 Å². The average molecular weight is 219 g/mol. The molecule has 0 unspecified atom stereocenters. The van der Waals surface area contributed by atoms with Crippen LogP contribution in [0.4, 0.5) is 4.39 Å². The molecule has 1 aliphatic rings. The highest BCUT2D eigenvalue weighted by Gasteiger charge is 2.37. The monoisotopic (exact) mass is 219 g/mol. The van der Waals surface area contributed by atoms with Gasteiger partial charge in [0.1, 0.15) is 17.2 Å². The van der Waals surface area contributed by atoms with Gasteiger partial charge in [-0.1, -0.05) is 0 Å². The van der Waals surface area contributed by atoms with E-state index in [2.05, 4.69) is 0 Å². The summed E-state index contributed by atoms with van der Waals surface area (Å²) in [7, 11) is 0. The van der Waals surface area contributed by atoms with Crippen LogP contribution in [0, 0.1) is 5.82 Å². The number of nitrogens with two attached hydrogens (primary N) is 1. The first kappa shape index (κ1) is 9.85. The zero-order chi connectivity index (χ0) is 11.2. The molecule has 1 heterocycles. The molecule has 3 heteroatoms. The van der Waals surface area contributed by atoms with E-state index in [9.17, 15) is 4.39 Å². The topological polar surface area (TPSA) is 39.2 Å². The number of rotatable bonds is 3. The maximum absolute atomic E-state index is 13.0. The molecule has 3 rings (SSSR count). The van der Waals surface area contributed by atoms with Crippen molar-refractivity contribution in [3.8, 4) is 0 Å². The summed E-state index contributed by atoms with van der Waals surface area (Å²) >= 11 is 0. The van der Waals surface area contributed by atoms with E-state index in [0.29, 0.717) is 0 Å². The molecule has 1 aromatic carbocycles. The second-order valence-corrected chi connectivity index (χ2v) is 4.76. The molecular weight excluding hydrogens is 205 g/mol. The molecule has 1 saturated carbocycles. The summed E-state index contributed by atoms with van der Waals surface area (Å²) in [6.45, 7) is 0. The maximum Gasteiger partial charge on any atom is 0.134 e. The van der Waals surface area contributed by atoms with Crippen LogP contribution >= 0.6 is 0 Å². The molecule has 16 heavy (non-hydrogen) atoms. The first-order valence-electron chi connectivity index (χ1n) is 5.62. The minimum atomic E-state index is -0.225. The van der Waals surface area contributed by atoms with Gasteiger partial charge in [0.25, 0.3) is 0 Å². The minimum Gasteiger partial charge on any atom is -0.461 e. The highest BCUT2D eigenvalue weighted by Crippen LogP contribution is 2.37. The lowest BCUT2D eigenvalue weighted by atomic mass is 10.1. The summed E-state index contributed by atoms with van der Waals surface area (Å²) in [6, 6.07) is 6.49. The summed E-state index contributed by atoms with van der Waals surface area (Å²) in [5.41, 5.74) is 6.81. The Labute approximate surface area is 93.2 Å². The van der Waals surface area contributed by atoms with Crippen LogP contribution in [0.15, 0.2) is 28.7 Å². The van der Waals surface area contributed by atoms with Crippen LogP contribution in [0.5, 0.6) is 0 Å².